The van der Waals surface area contributed by atoms with Crippen molar-refractivity contribution in [3.63, 3.8) is 0 Å². The molecule has 1 N–H and O–H groups in total. The van der Waals surface area contributed by atoms with E-state index in [0.717, 1.165) is 29.7 Å². The van der Waals surface area contributed by atoms with Gasteiger partial charge in [0.05, 0.1) is 0 Å². The second-order valence-corrected chi connectivity index (χ2v) is 8.51. The molecule has 0 saturated heterocycles. The molecule has 3 nitrogen and oxygen atoms in total. The number of carbonyl (C=O) groups is 1. The number of nitrogens with zero attached hydrogens (tertiary/aromatic N) is 1. The number of phenolic OH excluding ortho intramolecular Hbond substituents is 1. The van der Waals surface area contributed by atoms with Gasteiger partial charge in [-0.3, -0.25) is 4.79 Å². The molecule has 4 aliphatic rings. The molecule has 3 heteroatoms. The summed E-state index contributed by atoms with van der Waals surface area (Å²) < 4.78 is 0. The van der Waals surface area contributed by atoms with Gasteiger partial charge >= 0.3 is 0 Å². The fourth-order valence-electron chi connectivity index (χ4n) is 5.93. The highest BCUT2D eigenvalue weighted by atomic mass is 16.3. The van der Waals surface area contributed by atoms with Crippen molar-refractivity contribution in [1.82, 2.24) is 4.90 Å². The van der Waals surface area contributed by atoms with Crippen molar-refractivity contribution >= 4 is 5.91 Å². The summed E-state index contributed by atoms with van der Waals surface area (Å²) >= 11 is 0. The van der Waals surface area contributed by atoms with E-state index in [4.69, 9.17) is 0 Å². The van der Waals surface area contributed by atoms with Gasteiger partial charge in [0, 0.05) is 20.0 Å². The Bertz CT molecular complexity index is 557. The second-order valence-electron chi connectivity index (χ2n) is 8.51. The largest absolute Gasteiger partial charge is 0.508 e. The second kappa shape index (κ2) is 5.54. The summed E-state index contributed by atoms with van der Waals surface area (Å²) in [4.78, 5) is 14.6. The number of benzene rings is 1. The van der Waals surface area contributed by atoms with Crippen LogP contribution in [0.15, 0.2) is 24.3 Å². The first-order valence-electron chi connectivity index (χ1n) is 9.03. The molecule has 5 rings (SSSR count). The molecule has 0 aliphatic heterocycles. The highest BCUT2D eigenvalue weighted by Crippen LogP contribution is 2.61. The molecular weight excluding hydrogens is 286 g/mol. The van der Waals surface area contributed by atoms with Crippen LogP contribution >= 0.6 is 0 Å². The van der Waals surface area contributed by atoms with E-state index in [-0.39, 0.29) is 5.75 Å². The fraction of sp³-hybridized carbons (Fsp3) is 0.650. The predicted octanol–water partition coefficient (Wildman–Crippen LogP) is 3.96. The van der Waals surface area contributed by atoms with Crippen molar-refractivity contribution in [2.75, 3.05) is 7.05 Å². The molecule has 0 atom stereocenters. The SMILES string of the molecule is CN(Cc1ccc(O)cc1)C(=O)CC12CC3CC(CC(C3)C1)C2. The van der Waals surface area contributed by atoms with E-state index in [9.17, 15) is 9.90 Å². The van der Waals surface area contributed by atoms with Crippen molar-refractivity contribution < 1.29 is 9.90 Å². The summed E-state index contributed by atoms with van der Waals surface area (Å²) in [7, 11) is 1.91. The number of hydrogen-bond donors (Lipinski definition) is 1. The summed E-state index contributed by atoms with van der Waals surface area (Å²) in [5.74, 6) is 3.26. The average Bonchev–Trinajstić information content (AvgIpc) is 2.47. The Morgan fingerprint density at radius 3 is 2.13 bits per heavy atom. The minimum Gasteiger partial charge on any atom is -0.508 e. The number of phenols is 1. The standard InChI is InChI=1S/C20H27NO2/c1-21(13-14-2-4-18(22)5-3-14)19(23)12-20-9-15-6-16(10-20)8-17(7-15)11-20/h2-5,15-17,22H,6-13H2,1H3. The third kappa shape index (κ3) is 2.98. The van der Waals surface area contributed by atoms with E-state index < -0.39 is 0 Å². The summed E-state index contributed by atoms with van der Waals surface area (Å²) in [6.07, 6.45) is 8.89. The monoisotopic (exact) mass is 313 g/mol. The van der Waals surface area contributed by atoms with E-state index in [1.54, 1.807) is 12.1 Å². The van der Waals surface area contributed by atoms with Gasteiger partial charge in [0.15, 0.2) is 0 Å². The van der Waals surface area contributed by atoms with Gasteiger partial charge in [0.1, 0.15) is 5.75 Å². The summed E-state index contributed by atoms with van der Waals surface area (Å²) in [5, 5.41) is 9.36. The zero-order valence-electron chi connectivity index (χ0n) is 14.0. The summed E-state index contributed by atoms with van der Waals surface area (Å²) in [6, 6.07) is 7.16. The van der Waals surface area contributed by atoms with Crippen molar-refractivity contribution in [3.8, 4) is 5.75 Å². The molecule has 124 valence electrons. The third-order valence-corrected chi connectivity index (χ3v) is 6.47. The van der Waals surface area contributed by atoms with Gasteiger partial charge in [-0.25, -0.2) is 0 Å². The highest BCUT2D eigenvalue weighted by molar-refractivity contribution is 5.76. The van der Waals surface area contributed by atoms with Crippen molar-refractivity contribution in [3.05, 3.63) is 29.8 Å². The quantitative estimate of drug-likeness (QED) is 0.914. The van der Waals surface area contributed by atoms with Crippen LogP contribution in [0.3, 0.4) is 0 Å². The zero-order valence-corrected chi connectivity index (χ0v) is 14.0. The molecule has 1 aromatic rings. The van der Waals surface area contributed by atoms with Gasteiger partial charge in [0.2, 0.25) is 5.91 Å². The first kappa shape index (κ1) is 15.0. The van der Waals surface area contributed by atoms with Gasteiger partial charge in [-0.05, 0) is 79.4 Å². The Balaban J connectivity index is 1.40. The molecule has 4 fully saturated rings. The van der Waals surface area contributed by atoms with Gasteiger partial charge < -0.3 is 10.0 Å². The first-order chi connectivity index (χ1) is 11.0. The van der Waals surface area contributed by atoms with Gasteiger partial charge in [-0.15, -0.1) is 0 Å². The molecule has 1 aromatic carbocycles. The summed E-state index contributed by atoms with van der Waals surface area (Å²) in [6.45, 7) is 0.630. The van der Waals surface area contributed by atoms with Crippen molar-refractivity contribution in [1.29, 1.82) is 0 Å². The minimum absolute atomic E-state index is 0.274. The van der Waals surface area contributed by atoms with Crippen LogP contribution in [0.1, 0.15) is 50.5 Å². The number of amides is 1. The topological polar surface area (TPSA) is 40.5 Å². The molecule has 4 saturated carbocycles. The van der Waals surface area contributed by atoms with E-state index in [1.165, 1.54) is 38.5 Å². The van der Waals surface area contributed by atoms with Crippen LogP contribution in [0.25, 0.3) is 0 Å². The van der Waals surface area contributed by atoms with Crippen LogP contribution in [-0.4, -0.2) is 23.0 Å². The number of hydrogen-bond acceptors (Lipinski definition) is 2. The van der Waals surface area contributed by atoms with Gasteiger partial charge in [-0.1, -0.05) is 12.1 Å². The Labute approximate surface area is 138 Å². The summed E-state index contributed by atoms with van der Waals surface area (Å²) in [5.41, 5.74) is 1.39. The molecule has 1 amide bonds. The third-order valence-electron chi connectivity index (χ3n) is 6.47. The smallest absolute Gasteiger partial charge is 0.223 e. The first-order valence-corrected chi connectivity index (χ1v) is 9.03. The predicted molar refractivity (Wildman–Crippen MR) is 89.8 cm³/mol. The molecule has 0 radical (unpaired) electrons. The maximum Gasteiger partial charge on any atom is 0.223 e. The lowest BCUT2D eigenvalue weighted by Gasteiger charge is -2.56. The molecule has 0 heterocycles. The average molecular weight is 313 g/mol. The normalized spacial score (nSPS) is 34.6. The molecule has 0 aromatic heterocycles. The Hall–Kier alpha value is -1.51. The Kier molecular flexibility index (Phi) is 3.62. The lowest BCUT2D eigenvalue weighted by atomic mass is 9.49. The molecule has 4 bridgehead atoms. The molecule has 23 heavy (non-hydrogen) atoms. The van der Waals surface area contributed by atoms with Crippen molar-refractivity contribution in [2.45, 2.75) is 51.5 Å². The number of carbonyl (C=O) groups excluding carboxylic acids is 1. The molecule has 0 spiro atoms. The van der Waals surface area contributed by atoms with E-state index in [2.05, 4.69) is 0 Å². The van der Waals surface area contributed by atoms with Crippen LogP contribution in [0.2, 0.25) is 0 Å². The van der Waals surface area contributed by atoms with E-state index >= 15 is 0 Å². The van der Waals surface area contributed by atoms with Crippen LogP contribution < -0.4 is 0 Å². The molecule has 4 aliphatic carbocycles. The van der Waals surface area contributed by atoms with Crippen LogP contribution in [0, 0.1) is 23.2 Å². The Morgan fingerprint density at radius 1 is 1.09 bits per heavy atom. The lowest BCUT2D eigenvalue weighted by Crippen LogP contribution is -2.48. The molecular formula is C20H27NO2. The van der Waals surface area contributed by atoms with Crippen molar-refractivity contribution in [2.24, 2.45) is 23.2 Å². The van der Waals surface area contributed by atoms with Crippen LogP contribution in [0.5, 0.6) is 5.75 Å². The number of aromatic hydroxyl groups is 1. The molecule has 0 unspecified atom stereocenters. The Morgan fingerprint density at radius 2 is 1.61 bits per heavy atom. The maximum absolute atomic E-state index is 12.8. The number of rotatable bonds is 4. The zero-order chi connectivity index (χ0) is 16.0. The highest BCUT2D eigenvalue weighted by Gasteiger charge is 2.51. The van der Waals surface area contributed by atoms with Gasteiger partial charge in [0.25, 0.3) is 0 Å². The van der Waals surface area contributed by atoms with Crippen LogP contribution in [0.4, 0.5) is 0 Å². The van der Waals surface area contributed by atoms with Gasteiger partial charge in [-0.2, -0.15) is 0 Å². The minimum atomic E-state index is 0.274. The maximum atomic E-state index is 12.8. The lowest BCUT2D eigenvalue weighted by molar-refractivity contribution is -0.138. The fourth-order valence-corrected chi connectivity index (χ4v) is 5.93. The van der Waals surface area contributed by atoms with E-state index in [0.29, 0.717) is 17.9 Å². The van der Waals surface area contributed by atoms with E-state index in [1.807, 2.05) is 24.1 Å². The van der Waals surface area contributed by atoms with Crippen LogP contribution in [-0.2, 0) is 11.3 Å².